The molecule has 0 aromatic heterocycles. The van der Waals surface area contributed by atoms with Crippen LogP contribution in [0.5, 0.6) is 0 Å². The van der Waals surface area contributed by atoms with E-state index in [-0.39, 0.29) is 24.0 Å². The first kappa shape index (κ1) is 22.6. The lowest BCUT2D eigenvalue weighted by Crippen LogP contribution is -2.47. The zero-order valence-corrected chi connectivity index (χ0v) is 19.8. The first-order valence-electron chi connectivity index (χ1n) is 11.1. The summed E-state index contributed by atoms with van der Waals surface area (Å²) in [5, 5.41) is 0.665. The Morgan fingerprint density at radius 2 is 1.59 bits per heavy atom. The van der Waals surface area contributed by atoms with Crippen molar-refractivity contribution in [3.63, 3.8) is 0 Å². The van der Waals surface area contributed by atoms with E-state index in [2.05, 4.69) is 0 Å². The number of halogens is 1. The van der Waals surface area contributed by atoms with E-state index in [0.29, 0.717) is 42.3 Å². The Balaban J connectivity index is 1.69. The van der Waals surface area contributed by atoms with Crippen LogP contribution < -0.4 is 0 Å². The van der Waals surface area contributed by atoms with E-state index in [0.717, 1.165) is 22.3 Å². The normalized spacial score (nSPS) is 21.7. The van der Waals surface area contributed by atoms with E-state index in [4.69, 9.17) is 16.3 Å². The molecule has 2 heterocycles. The van der Waals surface area contributed by atoms with E-state index in [1.165, 1.54) is 4.90 Å². The molecule has 2 unspecified atom stereocenters. The molecule has 2 amide bonds. The molecule has 0 N–H and O–H groups in total. The lowest BCUT2D eigenvalue weighted by Gasteiger charge is -2.37. The van der Waals surface area contributed by atoms with Crippen molar-refractivity contribution in [3.8, 4) is 0 Å². The van der Waals surface area contributed by atoms with Crippen molar-refractivity contribution < 1.29 is 14.3 Å². The molecule has 0 bridgehead atoms. The smallest absolute Gasteiger partial charge is 0.277 e. The SMILES string of the molecule is Cc1ccc(C2=C(N3CC(C)OC(C)C3)C(=O)N(CCc3ccc(Cl)cc3)C2=O)cc1C. The number of aryl methyl sites for hydroxylation is 2. The molecular formula is C26H29ClN2O3. The Kier molecular flexibility index (Phi) is 6.40. The van der Waals surface area contributed by atoms with Crippen LogP contribution in [-0.2, 0) is 20.7 Å². The van der Waals surface area contributed by atoms with Gasteiger partial charge in [-0.2, -0.15) is 0 Å². The van der Waals surface area contributed by atoms with Crippen LogP contribution in [0.1, 0.15) is 36.1 Å². The number of hydrogen-bond acceptors (Lipinski definition) is 4. The second kappa shape index (κ2) is 9.08. The van der Waals surface area contributed by atoms with Crippen LogP contribution in [-0.4, -0.2) is 53.5 Å². The average molecular weight is 453 g/mol. The molecule has 0 spiro atoms. The molecule has 0 aliphatic carbocycles. The second-order valence-corrected chi connectivity index (χ2v) is 9.26. The molecule has 168 valence electrons. The van der Waals surface area contributed by atoms with Gasteiger partial charge in [-0.1, -0.05) is 41.9 Å². The third-order valence-electron chi connectivity index (χ3n) is 6.21. The fourth-order valence-corrected chi connectivity index (χ4v) is 4.60. The molecule has 2 aromatic rings. The summed E-state index contributed by atoms with van der Waals surface area (Å²) in [4.78, 5) is 30.6. The van der Waals surface area contributed by atoms with Crippen LogP contribution in [0.4, 0.5) is 0 Å². The highest BCUT2D eigenvalue weighted by atomic mass is 35.5. The van der Waals surface area contributed by atoms with E-state index in [9.17, 15) is 9.59 Å². The Morgan fingerprint density at radius 1 is 0.938 bits per heavy atom. The van der Waals surface area contributed by atoms with Crippen molar-refractivity contribution in [1.82, 2.24) is 9.80 Å². The van der Waals surface area contributed by atoms with Crippen molar-refractivity contribution in [3.05, 3.63) is 75.4 Å². The number of carbonyl (C=O) groups is 2. The maximum absolute atomic E-state index is 13.6. The van der Waals surface area contributed by atoms with Crippen molar-refractivity contribution in [1.29, 1.82) is 0 Å². The summed E-state index contributed by atoms with van der Waals surface area (Å²) in [6.07, 6.45) is 0.550. The largest absolute Gasteiger partial charge is 0.372 e. The molecule has 2 aliphatic rings. The van der Waals surface area contributed by atoms with Crippen molar-refractivity contribution in [2.24, 2.45) is 0 Å². The lowest BCUT2D eigenvalue weighted by atomic mass is 9.99. The molecule has 2 aromatic carbocycles. The van der Waals surface area contributed by atoms with Gasteiger partial charge in [0.1, 0.15) is 5.70 Å². The molecule has 1 saturated heterocycles. The van der Waals surface area contributed by atoms with Gasteiger partial charge >= 0.3 is 0 Å². The molecule has 2 aliphatic heterocycles. The number of imide groups is 1. The summed E-state index contributed by atoms with van der Waals surface area (Å²) in [5.74, 6) is -0.451. The molecule has 2 atom stereocenters. The number of carbonyl (C=O) groups excluding carboxylic acids is 2. The minimum Gasteiger partial charge on any atom is -0.372 e. The predicted octanol–water partition coefficient (Wildman–Crippen LogP) is 4.39. The molecule has 4 rings (SSSR count). The van der Waals surface area contributed by atoms with Crippen LogP contribution in [0.3, 0.4) is 0 Å². The standard InChI is InChI=1S/C26H29ClN2O3/c1-16-5-8-21(13-17(16)2)23-24(28-14-18(3)32-19(4)15-28)26(31)29(25(23)30)12-11-20-6-9-22(27)10-7-20/h5-10,13,18-19H,11-12,14-15H2,1-4H3. The minimum absolute atomic E-state index is 0.0155. The summed E-state index contributed by atoms with van der Waals surface area (Å²) in [6, 6.07) is 13.5. The van der Waals surface area contributed by atoms with Crippen molar-refractivity contribution in [2.75, 3.05) is 19.6 Å². The van der Waals surface area contributed by atoms with Gasteiger partial charge < -0.3 is 9.64 Å². The number of nitrogens with zero attached hydrogens (tertiary/aromatic N) is 2. The average Bonchev–Trinajstić information content (AvgIpc) is 2.99. The Hall–Kier alpha value is -2.63. The van der Waals surface area contributed by atoms with Gasteiger partial charge in [0, 0.05) is 24.7 Å². The van der Waals surface area contributed by atoms with Crippen LogP contribution >= 0.6 is 11.6 Å². The first-order chi connectivity index (χ1) is 15.2. The molecule has 32 heavy (non-hydrogen) atoms. The van der Waals surface area contributed by atoms with Gasteiger partial charge in [0.15, 0.2) is 0 Å². The molecule has 0 saturated carbocycles. The maximum atomic E-state index is 13.6. The summed E-state index contributed by atoms with van der Waals surface area (Å²) in [5.41, 5.74) is 5.07. The van der Waals surface area contributed by atoms with Crippen LogP contribution in [0, 0.1) is 13.8 Å². The summed E-state index contributed by atoms with van der Waals surface area (Å²) in [7, 11) is 0. The topological polar surface area (TPSA) is 49.9 Å². The van der Waals surface area contributed by atoms with Gasteiger partial charge in [-0.15, -0.1) is 0 Å². The monoisotopic (exact) mass is 452 g/mol. The molecule has 6 heteroatoms. The Morgan fingerprint density at radius 3 is 2.22 bits per heavy atom. The van der Waals surface area contributed by atoms with Gasteiger partial charge in [0.2, 0.25) is 0 Å². The number of benzene rings is 2. The number of morpholine rings is 1. The fraction of sp³-hybridized carbons (Fsp3) is 0.385. The molecule has 5 nitrogen and oxygen atoms in total. The number of amides is 2. The highest BCUT2D eigenvalue weighted by Gasteiger charge is 2.42. The molecule has 1 fully saturated rings. The third-order valence-corrected chi connectivity index (χ3v) is 6.46. The Labute approximate surface area is 194 Å². The van der Waals surface area contributed by atoms with E-state index in [1.807, 2.05) is 75.1 Å². The highest BCUT2D eigenvalue weighted by molar-refractivity contribution is 6.35. The molecule has 0 radical (unpaired) electrons. The quantitative estimate of drug-likeness (QED) is 0.631. The van der Waals surface area contributed by atoms with Crippen LogP contribution in [0.2, 0.25) is 5.02 Å². The third kappa shape index (κ3) is 4.45. The van der Waals surface area contributed by atoms with Crippen LogP contribution in [0.25, 0.3) is 5.57 Å². The van der Waals surface area contributed by atoms with Crippen LogP contribution in [0.15, 0.2) is 48.2 Å². The van der Waals surface area contributed by atoms with Gasteiger partial charge in [-0.3, -0.25) is 14.5 Å². The van der Waals surface area contributed by atoms with E-state index >= 15 is 0 Å². The molecular weight excluding hydrogens is 424 g/mol. The zero-order valence-electron chi connectivity index (χ0n) is 19.0. The zero-order chi connectivity index (χ0) is 23.0. The van der Waals surface area contributed by atoms with E-state index < -0.39 is 0 Å². The van der Waals surface area contributed by atoms with Crippen molar-refractivity contribution in [2.45, 2.75) is 46.3 Å². The van der Waals surface area contributed by atoms with Crippen molar-refractivity contribution >= 4 is 29.0 Å². The number of hydrogen-bond donors (Lipinski definition) is 0. The minimum atomic E-state index is -0.228. The maximum Gasteiger partial charge on any atom is 0.277 e. The summed E-state index contributed by atoms with van der Waals surface area (Å²) < 4.78 is 5.87. The van der Waals surface area contributed by atoms with Gasteiger partial charge in [0.05, 0.1) is 17.8 Å². The second-order valence-electron chi connectivity index (χ2n) is 8.82. The summed E-state index contributed by atoms with van der Waals surface area (Å²) >= 11 is 5.98. The predicted molar refractivity (Wildman–Crippen MR) is 126 cm³/mol. The highest BCUT2D eigenvalue weighted by Crippen LogP contribution is 2.34. The lowest BCUT2D eigenvalue weighted by molar-refractivity contribution is -0.138. The summed E-state index contributed by atoms with van der Waals surface area (Å²) in [6.45, 7) is 9.55. The Bertz CT molecular complexity index is 1070. The fourth-order valence-electron chi connectivity index (χ4n) is 4.47. The number of rotatable bonds is 5. The first-order valence-corrected chi connectivity index (χ1v) is 11.5. The van der Waals surface area contributed by atoms with Gasteiger partial charge in [0.25, 0.3) is 11.8 Å². The van der Waals surface area contributed by atoms with E-state index in [1.54, 1.807) is 0 Å². The van der Waals surface area contributed by atoms with Gasteiger partial charge in [-0.05, 0) is 68.5 Å². The van der Waals surface area contributed by atoms with Gasteiger partial charge in [-0.25, -0.2) is 0 Å². The number of ether oxygens (including phenoxy) is 1.